The summed E-state index contributed by atoms with van der Waals surface area (Å²) in [6, 6.07) is 58.9. The largest absolute Gasteiger partial charge is 0.507 e. The predicted octanol–water partition coefficient (Wildman–Crippen LogP) is 12.9. The Bertz CT molecular complexity index is 2830. The Hall–Kier alpha value is -6.78. The molecule has 260 valence electrons. The van der Waals surface area contributed by atoms with Gasteiger partial charge in [-0.05, 0) is 100.0 Å². The Morgan fingerprint density at radius 2 is 1.11 bits per heavy atom. The van der Waals surface area contributed by atoms with Crippen LogP contribution in [0.2, 0.25) is 0 Å². The van der Waals surface area contributed by atoms with E-state index in [-0.39, 0.29) is 11.2 Å². The van der Waals surface area contributed by atoms with Gasteiger partial charge >= 0.3 is 0 Å². The zero-order valence-electron chi connectivity index (χ0n) is 30.5. The lowest BCUT2D eigenvalue weighted by Gasteiger charge is -2.19. The Labute approximate surface area is 315 Å². The molecule has 9 rings (SSSR count). The van der Waals surface area contributed by atoms with Crippen molar-refractivity contribution in [1.29, 1.82) is 0 Å². The maximum atomic E-state index is 11.1. The van der Waals surface area contributed by atoms with Crippen LogP contribution in [0.25, 0.3) is 83.5 Å². The lowest BCUT2D eigenvalue weighted by Crippen LogP contribution is -2.11. The summed E-state index contributed by atoms with van der Waals surface area (Å²) >= 11 is 0. The molecule has 0 atom stereocenters. The van der Waals surface area contributed by atoms with E-state index in [1.807, 2.05) is 24.4 Å². The number of aromatic hydroxyl groups is 1. The van der Waals surface area contributed by atoms with Gasteiger partial charge in [-0.3, -0.25) is 4.98 Å². The fourth-order valence-electron chi connectivity index (χ4n) is 7.62. The lowest BCUT2D eigenvalue weighted by molar-refractivity contribution is 0.477. The molecule has 0 amide bonds. The molecule has 6 aromatic carbocycles. The van der Waals surface area contributed by atoms with E-state index >= 15 is 0 Å². The number of nitrogens with zero attached hydrogens (tertiary/aromatic N) is 3. The minimum atomic E-state index is 0.00590. The Morgan fingerprint density at radius 3 is 1.91 bits per heavy atom. The summed E-state index contributed by atoms with van der Waals surface area (Å²) in [4.78, 5) is 9.96. The summed E-state index contributed by atoms with van der Waals surface area (Å²) in [6.45, 7) is 6.66. The number of phenols is 1. The SMILES string of the molecule is CC(C)(C)c1ccnc(-c2cccc(-c3cc(-c4ccccc4-c4cccc5c4c4ccccc4n5-c4ccccc4)cc(-c4ccccc4O)n3)c2)c1. The number of phenolic OH excluding ortho intramolecular Hbond substituents is 1. The molecule has 0 bridgehead atoms. The summed E-state index contributed by atoms with van der Waals surface area (Å²) in [7, 11) is 0. The van der Waals surface area contributed by atoms with Crippen molar-refractivity contribution in [3.8, 4) is 67.5 Å². The van der Waals surface area contributed by atoms with Gasteiger partial charge in [-0.25, -0.2) is 4.98 Å². The van der Waals surface area contributed by atoms with Crippen molar-refractivity contribution in [2.24, 2.45) is 0 Å². The molecule has 3 heterocycles. The Balaban J connectivity index is 1.26. The highest BCUT2D eigenvalue weighted by atomic mass is 16.3. The molecule has 0 unspecified atom stereocenters. The van der Waals surface area contributed by atoms with Gasteiger partial charge in [0, 0.05) is 39.3 Å². The smallest absolute Gasteiger partial charge is 0.124 e. The van der Waals surface area contributed by atoms with Crippen LogP contribution in [0.4, 0.5) is 0 Å². The molecular formula is C50H39N3O. The van der Waals surface area contributed by atoms with Crippen molar-refractivity contribution < 1.29 is 5.11 Å². The van der Waals surface area contributed by atoms with Gasteiger partial charge in [0.15, 0.2) is 0 Å². The van der Waals surface area contributed by atoms with E-state index in [4.69, 9.17) is 9.97 Å². The van der Waals surface area contributed by atoms with Crippen LogP contribution in [0.1, 0.15) is 26.3 Å². The van der Waals surface area contributed by atoms with Gasteiger partial charge in [-0.2, -0.15) is 0 Å². The van der Waals surface area contributed by atoms with Gasteiger partial charge in [0.1, 0.15) is 5.75 Å². The average molecular weight is 698 g/mol. The second-order valence-corrected chi connectivity index (χ2v) is 14.8. The molecule has 0 fully saturated rings. The van der Waals surface area contributed by atoms with Gasteiger partial charge in [0.2, 0.25) is 0 Å². The van der Waals surface area contributed by atoms with E-state index < -0.39 is 0 Å². The number of benzene rings is 6. The first-order valence-electron chi connectivity index (χ1n) is 18.4. The van der Waals surface area contributed by atoms with Crippen LogP contribution in [-0.4, -0.2) is 19.6 Å². The van der Waals surface area contributed by atoms with Gasteiger partial charge < -0.3 is 9.67 Å². The van der Waals surface area contributed by atoms with Crippen molar-refractivity contribution >= 4 is 21.8 Å². The first-order valence-corrected chi connectivity index (χ1v) is 18.4. The van der Waals surface area contributed by atoms with E-state index in [9.17, 15) is 5.11 Å². The van der Waals surface area contributed by atoms with E-state index in [1.54, 1.807) is 6.07 Å². The summed E-state index contributed by atoms with van der Waals surface area (Å²) in [5, 5.41) is 13.5. The van der Waals surface area contributed by atoms with E-state index in [2.05, 4.69) is 171 Å². The van der Waals surface area contributed by atoms with E-state index in [0.717, 1.165) is 56.0 Å². The predicted molar refractivity (Wildman–Crippen MR) is 224 cm³/mol. The molecule has 9 aromatic rings. The molecule has 0 aliphatic carbocycles. The molecule has 0 saturated carbocycles. The highest BCUT2D eigenvalue weighted by Crippen LogP contribution is 2.43. The summed E-state index contributed by atoms with van der Waals surface area (Å²) < 4.78 is 2.36. The van der Waals surface area contributed by atoms with Gasteiger partial charge in [-0.1, -0.05) is 124 Å². The maximum absolute atomic E-state index is 11.1. The second kappa shape index (κ2) is 13.3. The minimum Gasteiger partial charge on any atom is -0.507 e. The molecule has 4 nitrogen and oxygen atoms in total. The zero-order chi connectivity index (χ0) is 36.8. The third-order valence-corrected chi connectivity index (χ3v) is 10.3. The van der Waals surface area contributed by atoms with Crippen LogP contribution in [0, 0.1) is 0 Å². The summed E-state index contributed by atoms with van der Waals surface area (Å²) in [6.07, 6.45) is 1.90. The second-order valence-electron chi connectivity index (χ2n) is 14.8. The monoisotopic (exact) mass is 697 g/mol. The van der Waals surface area contributed by atoms with Gasteiger partial charge in [-0.15, -0.1) is 0 Å². The van der Waals surface area contributed by atoms with Crippen LogP contribution in [0.3, 0.4) is 0 Å². The van der Waals surface area contributed by atoms with Gasteiger partial charge in [0.05, 0.1) is 28.1 Å². The van der Waals surface area contributed by atoms with Crippen molar-refractivity contribution in [3.63, 3.8) is 0 Å². The number of aromatic nitrogens is 3. The highest BCUT2D eigenvalue weighted by molar-refractivity contribution is 6.16. The van der Waals surface area contributed by atoms with Crippen LogP contribution in [-0.2, 0) is 5.41 Å². The molecule has 0 spiro atoms. The third-order valence-electron chi connectivity index (χ3n) is 10.3. The average Bonchev–Trinajstić information content (AvgIpc) is 3.56. The number of hydrogen-bond donors (Lipinski definition) is 1. The molecule has 0 saturated heterocycles. The summed E-state index contributed by atoms with van der Waals surface area (Å²) in [5.41, 5.74) is 14.2. The van der Waals surface area contributed by atoms with Gasteiger partial charge in [0.25, 0.3) is 0 Å². The van der Waals surface area contributed by atoms with Crippen LogP contribution >= 0.6 is 0 Å². The molecule has 0 radical (unpaired) electrons. The quantitative estimate of drug-likeness (QED) is 0.188. The van der Waals surface area contributed by atoms with Crippen LogP contribution < -0.4 is 0 Å². The molecule has 3 aromatic heterocycles. The third kappa shape index (κ3) is 5.92. The number of rotatable bonds is 6. The molecule has 1 N–H and O–H groups in total. The fourth-order valence-corrected chi connectivity index (χ4v) is 7.62. The topological polar surface area (TPSA) is 50.9 Å². The van der Waals surface area contributed by atoms with Crippen molar-refractivity contribution in [2.75, 3.05) is 0 Å². The zero-order valence-corrected chi connectivity index (χ0v) is 30.5. The number of pyridine rings is 2. The molecule has 4 heteroatoms. The maximum Gasteiger partial charge on any atom is 0.124 e. The minimum absolute atomic E-state index is 0.00590. The van der Waals surface area contributed by atoms with E-state index in [1.165, 1.54) is 21.9 Å². The van der Waals surface area contributed by atoms with Crippen molar-refractivity contribution in [2.45, 2.75) is 26.2 Å². The highest BCUT2D eigenvalue weighted by Gasteiger charge is 2.20. The molecule has 0 aliphatic heterocycles. The van der Waals surface area contributed by atoms with Crippen LogP contribution in [0.5, 0.6) is 5.75 Å². The number of fused-ring (bicyclic) bond motifs is 3. The fraction of sp³-hybridized carbons (Fsp3) is 0.0800. The number of hydrogen-bond acceptors (Lipinski definition) is 3. The molecule has 0 aliphatic rings. The van der Waals surface area contributed by atoms with E-state index in [0.29, 0.717) is 11.3 Å². The van der Waals surface area contributed by atoms with Crippen molar-refractivity contribution in [1.82, 2.24) is 14.5 Å². The first-order chi connectivity index (χ1) is 26.3. The van der Waals surface area contributed by atoms with Crippen molar-refractivity contribution in [3.05, 3.63) is 182 Å². The normalized spacial score (nSPS) is 11.7. The Morgan fingerprint density at radius 1 is 0.481 bits per heavy atom. The number of para-hydroxylation sites is 3. The summed E-state index contributed by atoms with van der Waals surface area (Å²) in [5.74, 6) is 0.192. The molecule has 54 heavy (non-hydrogen) atoms. The van der Waals surface area contributed by atoms with Crippen LogP contribution in [0.15, 0.2) is 176 Å². The molecular weight excluding hydrogens is 659 g/mol. The Kier molecular flexibility index (Phi) is 8.16. The first kappa shape index (κ1) is 33.1. The standard InChI is InChI=1S/C50H39N3O/c1-50(2,3)36-27-28-51-43(32-36)33-15-13-16-34(29-33)44-30-35(31-45(52-44)41-21-10-12-26-48(41)54)38-19-7-8-20-39(38)40-23-14-25-47-49(40)42-22-9-11-24-46(42)53(47)37-17-5-4-6-18-37/h4-32,54H,1-3H3. The lowest BCUT2D eigenvalue weighted by atomic mass is 9.87.